The van der Waals surface area contributed by atoms with E-state index in [-0.39, 0.29) is 6.10 Å². The van der Waals surface area contributed by atoms with E-state index in [0.717, 1.165) is 17.8 Å². The number of rotatable bonds is 1. The van der Waals surface area contributed by atoms with E-state index in [9.17, 15) is 5.11 Å². The Kier molecular flexibility index (Phi) is 2.69. The molecule has 88 valence electrons. The summed E-state index contributed by atoms with van der Waals surface area (Å²) in [6.07, 6.45) is 8.17. The van der Waals surface area contributed by atoms with E-state index >= 15 is 0 Å². The first-order chi connectivity index (χ1) is 7.84. The van der Waals surface area contributed by atoms with Gasteiger partial charge < -0.3 is 10.4 Å². The average Bonchev–Trinajstić information content (AvgIpc) is 2.76. The molecule has 0 amide bonds. The van der Waals surface area contributed by atoms with Crippen LogP contribution in [0.2, 0.25) is 0 Å². The van der Waals surface area contributed by atoms with Gasteiger partial charge in [-0.15, -0.1) is 0 Å². The number of aliphatic hydroxyl groups excluding tert-OH is 1. The van der Waals surface area contributed by atoms with Crippen LogP contribution >= 0.6 is 0 Å². The summed E-state index contributed by atoms with van der Waals surface area (Å²) in [6.45, 7) is 1.45. The van der Waals surface area contributed by atoms with Crippen LogP contribution in [0.3, 0.4) is 0 Å². The minimum absolute atomic E-state index is 0.374. The monoisotopic (exact) mass is 221 g/mol. The van der Waals surface area contributed by atoms with E-state index in [2.05, 4.69) is 21.3 Å². The summed E-state index contributed by atoms with van der Waals surface area (Å²) in [5, 5.41) is 17.7. The van der Waals surface area contributed by atoms with Crippen molar-refractivity contribution >= 4 is 0 Å². The Morgan fingerprint density at radius 2 is 2.12 bits per heavy atom. The standard InChI is InChI=1S/C12H19N3O/c16-12-7-13-6-11-10(12)8-15(14-11)9-4-2-1-3-5-9/h8-9,12-13,16H,1-7H2. The third-order valence-corrected chi connectivity index (χ3v) is 3.78. The van der Waals surface area contributed by atoms with Gasteiger partial charge >= 0.3 is 0 Å². The first-order valence-corrected chi connectivity index (χ1v) is 6.31. The smallest absolute Gasteiger partial charge is 0.0948 e. The second kappa shape index (κ2) is 4.18. The van der Waals surface area contributed by atoms with Crippen LogP contribution in [-0.4, -0.2) is 21.4 Å². The number of hydrogen-bond donors (Lipinski definition) is 2. The Morgan fingerprint density at radius 3 is 2.88 bits per heavy atom. The van der Waals surface area contributed by atoms with Crippen LogP contribution in [0.5, 0.6) is 0 Å². The summed E-state index contributed by atoms with van der Waals surface area (Å²) in [6, 6.07) is 0.562. The molecule has 1 unspecified atom stereocenters. The molecule has 1 aliphatic heterocycles. The summed E-state index contributed by atoms with van der Waals surface area (Å²) >= 11 is 0. The van der Waals surface area contributed by atoms with Crippen molar-refractivity contribution in [2.45, 2.75) is 50.8 Å². The molecule has 2 aliphatic rings. The molecule has 0 aromatic carbocycles. The molecule has 1 atom stereocenters. The molecule has 4 nitrogen and oxygen atoms in total. The summed E-state index contributed by atoms with van der Waals surface area (Å²) in [7, 11) is 0. The first kappa shape index (κ1) is 10.3. The summed E-state index contributed by atoms with van der Waals surface area (Å²) < 4.78 is 2.10. The molecular formula is C12H19N3O. The van der Waals surface area contributed by atoms with Gasteiger partial charge in [0.25, 0.3) is 0 Å². The highest BCUT2D eigenvalue weighted by molar-refractivity contribution is 5.23. The van der Waals surface area contributed by atoms with Crippen LogP contribution < -0.4 is 5.32 Å². The average molecular weight is 221 g/mol. The van der Waals surface area contributed by atoms with Gasteiger partial charge in [0.15, 0.2) is 0 Å². The molecule has 4 heteroatoms. The maximum atomic E-state index is 9.86. The molecular weight excluding hydrogens is 202 g/mol. The van der Waals surface area contributed by atoms with Crippen molar-refractivity contribution in [2.75, 3.05) is 6.54 Å². The summed E-state index contributed by atoms with van der Waals surface area (Å²) in [5.41, 5.74) is 2.06. The van der Waals surface area contributed by atoms with Gasteiger partial charge in [-0.3, -0.25) is 4.68 Å². The lowest BCUT2D eigenvalue weighted by Gasteiger charge is -2.21. The highest BCUT2D eigenvalue weighted by Crippen LogP contribution is 2.30. The van der Waals surface area contributed by atoms with Gasteiger partial charge in [-0.25, -0.2) is 0 Å². The van der Waals surface area contributed by atoms with Crippen LogP contribution in [0.1, 0.15) is 55.5 Å². The molecule has 1 aromatic heterocycles. The van der Waals surface area contributed by atoms with E-state index in [1.165, 1.54) is 32.1 Å². The lowest BCUT2D eigenvalue weighted by Crippen LogP contribution is -2.27. The normalized spacial score (nSPS) is 26.7. The number of fused-ring (bicyclic) bond motifs is 1. The van der Waals surface area contributed by atoms with Crippen molar-refractivity contribution in [1.29, 1.82) is 0 Å². The molecule has 0 spiro atoms. The van der Waals surface area contributed by atoms with E-state index in [4.69, 9.17) is 0 Å². The lowest BCUT2D eigenvalue weighted by molar-refractivity contribution is 0.165. The number of β-amino-alcohol motifs (C(OH)–C–C–N with tert-alkyl or cyclic N) is 1. The Morgan fingerprint density at radius 1 is 1.31 bits per heavy atom. The Bertz CT molecular complexity index is 368. The SMILES string of the molecule is OC1CNCc2nn(C3CCCCC3)cc21. The molecule has 2 heterocycles. The van der Waals surface area contributed by atoms with Crippen LogP contribution in [0.4, 0.5) is 0 Å². The van der Waals surface area contributed by atoms with Gasteiger partial charge in [-0.2, -0.15) is 5.10 Å². The van der Waals surface area contributed by atoms with E-state index in [1.54, 1.807) is 0 Å². The molecule has 3 rings (SSSR count). The van der Waals surface area contributed by atoms with Crippen LogP contribution in [0.15, 0.2) is 6.20 Å². The molecule has 0 bridgehead atoms. The van der Waals surface area contributed by atoms with Gasteiger partial charge in [-0.1, -0.05) is 19.3 Å². The molecule has 1 aliphatic carbocycles. The van der Waals surface area contributed by atoms with Crippen molar-refractivity contribution in [1.82, 2.24) is 15.1 Å². The molecule has 0 saturated heterocycles. The zero-order valence-electron chi connectivity index (χ0n) is 9.52. The Balaban J connectivity index is 1.85. The molecule has 1 fully saturated rings. The number of hydrogen-bond acceptors (Lipinski definition) is 3. The van der Waals surface area contributed by atoms with Gasteiger partial charge in [0.05, 0.1) is 17.8 Å². The third-order valence-electron chi connectivity index (χ3n) is 3.78. The second-order valence-electron chi connectivity index (χ2n) is 4.95. The minimum Gasteiger partial charge on any atom is -0.387 e. The minimum atomic E-state index is -0.374. The summed E-state index contributed by atoms with van der Waals surface area (Å²) in [5.74, 6) is 0. The van der Waals surface area contributed by atoms with Gasteiger partial charge in [0.2, 0.25) is 0 Å². The van der Waals surface area contributed by atoms with E-state index in [1.807, 2.05) is 0 Å². The highest BCUT2D eigenvalue weighted by atomic mass is 16.3. The molecule has 2 N–H and O–H groups in total. The van der Waals surface area contributed by atoms with Crippen molar-refractivity contribution in [3.05, 3.63) is 17.5 Å². The summed E-state index contributed by atoms with van der Waals surface area (Å²) in [4.78, 5) is 0. The van der Waals surface area contributed by atoms with Crippen molar-refractivity contribution in [2.24, 2.45) is 0 Å². The number of aromatic nitrogens is 2. The third kappa shape index (κ3) is 1.76. The fourth-order valence-electron chi connectivity index (χ4n) is 2.83. The Hall–Kier alpha value is -0.870. The molecule has 1 saturated carbocycles. The van der Waals surface area contributed by atoms with Gasteiger partial charge in [0, 0.05) is 24.8 Å². The van der Waals surface area contributed by atoms with Crippen molar-refractivity contribution in [3.63, 3.8) is 0 Å². The van der Waals surface area contributed by atoms with Crippen LogP contribution in [0.25, 0.3) is 0 Å². The predicted octanol–water partition coefficient (Wildman–Crippen LogP) is 1.52. The number of nitrogens with one attached hydrogen (secondary N) is 1. The molecule has 16 heavy (non-hydrogen) atoms. The predicted molar refractivity (Wildman–Crippen MR) is 61.0 cm³/mol. The van der Waals surface area contributed by atoms with Crippen LogP contribution in [0, 0.1) is 0 Å². The van der Waals surface area contributed by atoms with Gasteiger partial charge in [-0.05, 0) is 12.8 Å². The van der Waals surface area contributed by atoms with E-state index < -0.39 is 0 Å². The van der Waals surface area contributed by atoms with Crippen LogP contribution in [-0.2, 0) is 6.54 Å². The maximum Gasteiger partial charge on any atom is 0.0948 e. The maximum absolute atomic E-state index is 9.86. The first-order valence-electron chi connectivity index (χ1n) is 6.31. The van der Waals surface area contributed by atoms with Crippen molar-refractivity contribution in [3.8, 4) is 0 Å². The fourth-order valence-corrected chi connectivity index (χ4v) is 2.83. The molecule has 0 radical (unpaired) electrons. The zero-order chi connectivity index (χ0) is 11.0. The molecule has 1 aromatic rings. The van der Waals surface area contributed by atoms with E-state index in [0.29, 0.717) is 12.6 Å². The number of nitrogens with zero attached hydrogens (tertiary/aromatic N) is 2. The number of aliphatic hydroxyl groups is 1. The topological polar surface area (TPSA) is 50.1 Å². The zero-order valence-corrected chi connectivity index (χ0v) is 9.52. The van der Waals surface area contributed by atoms with Gasteiger partial charge in [0.1, 0.15) is 0 Å². The second-order valence-corrected chi connectivity index (χ2v) is 4.95. The fraction of sp³-hybridized carbons (Fsp3) is 0.750. The van der Waals surface area contributed by atoms with Crippen molar-refractivity contribution < 1.29 is 5.11 Å². The Labute approximate surface area is 95.7 Å². The quantitative estimate of drug-likeness (QED) is 0.756. The largest absolute Gasteiger partial charge is 0.387 e. The highest BCUT2D eigenvalue weighted by Gasteiger charge is 2.24. The lowest BCUT2D eigenvalue weighted by atomic mass is 9.96.